The van der Waals surface area contributed by atoms with Gasteiger partial charge in [-0.3, -0.25) is 4.98 Å². The van der Waals surface area contributed by atoms with Crippen molar-refractivity contribution >= 4 is 6.08 Å². The maximum atomic E-state index is 4.64. The first-order chi connectivity index (χ1) is 6.68. The maximum Gasteiger partial charge on any atom is 0.0700 e. The van der Waals surface area contributed by atoms with E-state index in [9.17, 15) is 0 Å². The average Bonchev–Trinajstić information content (AvgIpc) is 2.17. The minimum atomic E-state index is 0.378. The van der Waals surface area contributed by atoms with Crippen LogP contribution in [0.25, 0.3) is 6.08 Å². The number of fused-ring (bicyclic) bond motifs is 1. The van der Waals surface area contributed by atoms with Gasteiger partial charge in [-0.2, -0.15) is 0 Å². The van der Waals surface area contributed by atoms with Gasteiger partial charge >= 0.3 is 0 Å². The molecule has 74 valence electrons. The van der Waals surface area contributed by atoms with Crippen LogP contribution in [0.4, 0.5) is 0 Å². The van der Waals surface area contributed by atoms with Gasteiger partial charge in [-0.1, -0.05) is 19.9 Å². The lowest BCUT2D eigenvalue weighted by Crippen LogP contribution is -2.17. The summed E-state index contributed by atoms with van der Waals surface area (Å²) in [6.07, 6.45) is 4.02. The van der Waals surface area contributed by atoms with Crippen LogP contribution in [0.5, 0.6) is 0 Å². The Balaban J connectivity index is 2.45. The standard InChI is InChI=1S/C12H16N2/c1-8(2)11-5-4-10-9(3)13-7-6-12(10)14-11/h4-9,13H,1-3H3. The SMILES string of the molecule is CC(C)c1ccc2c(n1)C=CNC2C. The van der Waals surface area contributed by atoms with Crippen molar-refractivity contribution in [2.45, 2.75) is 32.7 Å². The monoisotopic (exact) mass is 188 g/mol. The first-order valence-corrected chi connectivity index (χ1v) is 5.12. The molecule has 0 amide bonds. The van der Waals surface area contributed by atoms with Gasteiger partial charge in [0.25, 0.3) is 0 Å². The number of hydrogen-bond donors (Lipinski definition) is 1. The normalized spacial score (nSPS) is 19.3. The summed E-state index contributed by atoms with van der Waals surface area (Å²) in [5, 5.41) is 3.27. The van der Waals surface area contributed by atoms with E-state index >= 15 is 0 Å². The third-order valence-corrected chi connectivity index (χ3v) is 2.62. The fraction of sp³-hybridized carbons (Fsp3) is 0.417. The van der Waals surface area contributed by atoms with E-state index in [0.29, 0.717) is 12.0 Å². The zero-order chi connectivity index (χ0) is 10.1. The summed E-state index contributed by atoms with van der Waals surface area (Å²) in [5.74, 6) is 0.499. The Kier molecular flexibility index (Phi) is 2.28. The average molecular weight is 188 g/mol. The lowest BCUT2D eigenvalue weighted by Gasteiger charge is -2.20. The molecule has 0 radical (unpaired) electrons. The van der Waals surface area contributed by atoms with E-state index in [2.05, 4.69) is 43.2 Å². The van der Waals surface area contributed by atoms with Crippen LogP contribution in [0.1, 0.15) is 49.7 Å². The molecule has 14 heavy (non-hydrogen) atoms. The molecule has 2 heterocycles. The summed E-state index contributed by atoms with van der Waals surface area (Å²) in [4.78, 5) is 4.64. The molecule has 0 saturated heterocycles. The Labute approximate surface area is 85.1 Å². The van der Waals surface area contributed by atoms with Crippen LogP contribution in [-0.2, 0) is 0 Å². The van der Waals surface area contributed by atoms with Crippen molar-refractivity contribution < 1.29 is 0 Å². The van der Waals surface area contributed by atoms with Crippen molar-refractivity contribution in [3.05, 3.63) is 35.3 Å². The van der Waals surface area contributed by atoms with E-state index in [0.717, 1.165) is 5.69 Å². The van der Waals surface area contributed by atoms with Crippen molar-refractivity contribution in [2.75, 3.05) is 0 Å². The summed E-state index contributed by atoms with van der Waals surface area (Å²) in [5.41, 5.74) is 3.57. The molecule has 0 saturated carbocycles. The van der Waals surface area contributed by atoms with E-state index in [-0.39, 0.29) is 0 Å². The molecule has 2 rings (SSSR count). The number of nitrogens with one attached hydrogen (secondary N) is 1. The van der Waals surface area contributed by atoms with E-state index < -0.39 is 0 Å². The highest BCUT2D eigenvalue weighted by molar-refractivity contribution is 5.53. The van der Waals surface area contributed by atoms with E-state index in [1.165, 1.54) is 11.3 Å². The third kappa shape index (κ3) is 1.52. The van der Waals surface area contributed by atoms with Crippen LogP contribution in [0.2, 0.25) is 0 Å². The van der Waals surface area contributed by atoms with Crippen molar-refractivity contribution in [3.63, 3.8) is 0 Å². The van der Waals surface area contributed by atoms with E-state index in [4.69, 9.17) is 0 Å². The molecule has 2 nitrogen and oxygen atoms in total. The highest BCUT2D eigenvalue weighted by atomic mass is 14.9. The molecule has 2 heteroatoms. The molecule has 0 spiro atoms. The summed E-state index contributed by atoms with van der Waals surface area (Å²) in [6.45, 7) is 6.49. The van der Waals surface area contributed by atoms with Gasteiger partial charge in [0.1, 0.15) is 0 Å². The first kappa shape index (κ1) is 9.25. The zero-order valence-electron chi connectivity index (χ0n) is 8.91. The molecule has 0 fully saturated rings. The van der Waals surface area contributed by atoms with Crippen LogP contribution >= 0.6 is 0 Å². The number of hydrogen-bond acceptors (Lipinski definition) is 2. The Bertz CT molecular complexity index is 367. The van der Waals surface area contributed by atoms with Gasteiger partial charge in [0.05, 0.1) is 11.7 Å². The summed E-state index contributed by atoms with van der Waals surface area (Å²) < 4.78 is 0. The van der Waals surface area contributed by atoms with Gasteiger partial charge < -0.3 is 5.32 Å². The fourth-order valence-corrected chi connectivity index (χ4v) is 1.68. The second-order valence-corrected chi connectivity index (χ2v) is 4.09. The first-order valence-electron chi connectivity index (χ1n) is 5.12. The predicted octanol–water partition coefficient (Wildman–Crippen LogP) is 2.84. The van der Waals surface area contributed by atoms with Crippen molar-refractivity contribution in [1.29, 1.82) is 0 Å². The van der Waals surface area contributed by atoms with Gasteiger partial charge in [-0.05, 0) is 36.7 Å². The smallest absolute Gasteiger partial charge is 0.0700 e. The number of nitrogens with zero attached hydrogens (tertiary/aromatic N) is 1. The summed E-state index contributed by atoms with van der Waals surface area (Å²) in [7, 11) is 0. The molecule has 1 atom stereocenters. The topological polar surface area (TPSA) is 24.9 Å². The number of aromatic nitrogens is 1. The Morgan fingerprint density at radius 1 is 1.36 bits per heavy atom. The molecule has 1 N–H and O–H groups in total. The quantitative estimate of drug-likeness (QED) is 0.733. The second-order valence-electron chi connectivity index (χ2n) is 4.09. The molecule has 1 aliphatic heterocycles. The summed E-state index contributed by atoms with van der Waals surface area (Å²) >= 11 is 0. The second kappa shape index (κ2) is 3.45. The Hall–Kier alpha value is -1.31. The van der Waals surface area contributed by atoms with Gasteiger partial charge in [0, 0.05) is 5.69 Å². The van der Waals surface area contributed by atoms with Crippen molar-refractivity contribution in [1.82, 2.24) is 10.3 Å². The number of pyridine rings is 1. The van der Waals surface area contributed by atoms with Crippen LogP contribution < -0.4 is 5.32 Å². The van der Waals surface area contributed by atoms with Crippen LogP contribution in [0.15, 0.2) is 18.3 Å². The molecule has 1 aromatic heterocycles. The number of rotatable bonds is 1. The fourth-order valence-electron chi connectivity index (χ4n) is 1.68. The zero-order valence-corrected chi connectivity index (χ0v) is 8.91. The molecule has 0 bridgehead atoms. The molecule has 0 aliphatic carbocycles. The lowest BCUT2D eigenvalue weighted by atomic mass is 10.0. The maximum absolute atomic E-state index is 4.64. The van der Waals surface area contributed by atoms with E-state index in [1.807, 2.05) is 12.3 Å². The summed E-state index contributed by atoms with van der Waals surface area (Å²) in [6, 6.07) is 4.68. The molecular weight excluding hydrogens is 172 g/mol. The van der Waals surface area contributed by atoms with E-state index in [1.54, 1.807) is 0 Å². The van der Waals surface area contributed by atoms with Crippen LogP contribution in [0.3, 0.4) is 0 Å². The van der Waals surface area contributed by atoms with Gasteiger partial charge in [0.2, 0.25) is 0 Å². The highest BCUT2D eigenvalue weighted by Crippen LogP contribution is 2.23. The third-order valence-electron chi connectivity index (χ3n) is 2.62. The highest BCUT2D eigenvalue weighted by Gasteiger charge is 2.13. The Morgan fingerprint density at radius 2 is 2.14 bits per heavy atom. The molecule has 0 aromatic carbocycles. The molecule has 1 aliphatic rings. The van der Waals surface area contributed by atoms with Gasteiger partial charge in [-0.25, -0.2) is 0 Å². The largest absolute Gasteiger partial charge is 0.384 e. The lowest BCUT2D eigenvalue weighted by molar-refractivity contribution is 0.669. The predicted molar refractivity (Wildman–Crippen MR) is 58.9 cm³/mol. The molecule has 1 aromatic rings. The molecular formula is C12H16N2. The minimum Gasteiger partial charge on any atom is -0.384 e. The minimum absolute atomic E-state index is 0.378. The van der Waals surface area contributed by atoms with Gasteiger partial charge in [-0.15, -0.1) is 0 Å². The van der Waals surface area contributed by atoms with Gasteiger partial charge in [0.15, 0.2) is 0 Å². The van der Waals surface area contributed by atoms with Crippen LogP contribution in [-0.4, -0.2) is 4.98 Å². The van der Waals surface area contributed by atoms with Crippen molar-refractivity contribution in [2.24, 2.45) is 0 Å². The molecule has 1 unspecified atom stereocenters. The Morgan fingerprint density at radius 3 is 2.86 bits per heavy atom. The van der Waals surface area contributed by atoms with Crippen LogP contribution in [0, 0.1) is 0 Å². The van der Waals surface area contributed by atoms with Crippen molar-refractivity contribution in [3.8, 4) is 0 Å².